The summed E-state index contributed by atoms with van der Waals surface area (Å²) in [6, 6.07) is -3.61. The summed E-state index contributed by atoms with van der Waals surface area (Å²) in [5, 5.41) is 0. The Bertz CT molecular complexity index is 222. The molecule has 6 heteroatoms. The zero-order valence-corrected chi connectivity index (χ0v) is 7.74. The number of hydrogen-bond acceptors (Lipinski definition) is 2. The molecule has 0 unspecified atom stereocenters. The molecular weight excluding hydrogens is 204 g/mol. The highest BCUT2D eigenvalue weighted by atomic mass is 19.2. The van der Waals surface area contributed by atoms with Crippen LogP contribution in [0.15, 0.2) is 23.7 Å². The second kappa shape index (κ2) is 6.28. The molecule has 0 spiro atoms. The molecule has 0 radical (unpaired) electrons. The molecular formula is C8H10F4O2. The van der Waals surface area contributed by atoms with E-state index < -0.39 is 23.7 Å². The third-order valence-corrected chi connectivity index (χ3v) is 1.08. The Hall–Kier alpha value is -1.20. The van der Waals surface area contributed by atoms with Gasteiger partial charge in [-0.05, 0) is 13.8 Å². The van der Waals surface area contributed by atoms with Crippen molar-refractivity contribution in [2.24, 2.45) is 0 Å². The van der Waals surface area contributed by atoms with Crippen molar-refractivity contribution in [1.29, 1.82) is 0 Å². The van der Waals surface area contributed by atoms with Crippen molar-refractivity contribution in [2.75, 3.05) is 13.2 Å². The lowest BCUT2D eigenvalue weighted by molar-refractivity contribution is 0.130. The van der Waals surface area contributed by atoms with Gasteiger partial charge in [0.1, 0.15) is 0 Å². The topological polar surface area (TPSA) is 18.5 Å². The van der Waals surface area contributed by atoms with Gasteiger partial charge in [-0.15, -0.1) is 0 Å². The molecule has 0 fully saturated rings. The molecule has 0 saturated carbocycles. The normalized spacial score (nSPS) is 14.4. The minimum atomic E-state index is -2.04. The summed E-state index contributed by atoms with van der Waals surface area (Å²) >= 11 is 0. The van der Waals surface area contributed by atoms with E-state index in [4.69, 9.17) is 0 Å². The summed E-state index contributed by atoms with van der Waals surface area (Å²) in [5.74, 6) is -4.09. The highest BCUT2D eigenvalue weighted by molar-refractivity contribution is 5.19. The van der Waals surface area contributed by atoms with E-state index in [1.807, 2.05) is 0 Å². The standard InChI is InChI=1S/C8H10F4O2/c1-3-13-7(11)5(9)6(10)8(12)14-4-2/h3-4H2,1-2H3/b7-5-,8-6-. The summed E-state index contributed by atoms with van der Waals surface area (Å²) in [5.41, 5.74) is 0. The van der Waals surface area contributed by atoms with Gasteiger partial charge in [-0.2, -0.15) is 17.6 Å². The van der Waals surface area contributed by atoms with Crippen molar-refractivity contribution in [1.82, 2.24) is 0 Å². The van der Waals surface area contributed by atoms with E-state index in [2.05, 4.69) is 9.47 Å². The van der Waals surface area contributed by atoms with Crippen LogP contribution in [0.3, 0.4) is 0 Å². The molecule has 0 amide bonds. The Labute approximate surface area is 78.8 Å². The summed E-state index contributed by atoms with van der Waals surface area (Å²) in [4.78, 5) is 0. The van der Waals surface area contributed by atoms with E-state index in [1.165, 1.54) is 13.8 Å². The molecule has 0 aromatic heterocycles. The number of allylic oxidation sites excluding steroid dienone is 2. The SMILES string of the molecule is CCO/C(F)=C(F)/C(F)=C(\F)OCC. The Morgan fingerprint density at radius 3 is 1.29 bits per heavy atom. The quantitative estimate of drug-likeness (QED) is 0.397. The smallest absolute Gasteiger partial charge is 0.312 e. The van der Waals surface area contributed by atoms with E-state index in [1.54, 1.807) is 0 Å². The molecule has 0 bridgehead atoms. The first-order valence-corrected chi connectivity index (χ1v) is 3.91. The Morgan fingerprint density at radius 1 is 0.786 bits per heavy atom. The van der Waals surface area contributed by atoms with Gasteiger partial charge >= 0.3 is 12.0 Å². The minimum absolute atomic E-state index is 0.192. The van der Waals surface area contributed by atoms with Gasteiger partial charge in [0.05, 0.1) is 13.2 Å². The van der Waals surface area contributed by atoms with Gasteiger partial charge in [-0.1, -0.05) is 0 Å². The first-order chi connectivity index (χ1) is 6.54. The predicted molar refractivity (Wildman–Crippen MR) is 41.7 cm³/mol. The van der Waals surface area contributed by atoms with Crippen molar-refractivity contribution in [3.05, 3.63) is 23.7 Å². The number of halogens is 4. The highest BCUT2D eigenvalue weighted by Crippen LogP contribution is 2.24. The molecule has 82 valence electrons. The van der Waals surface area contributed by atoms with Gasteiger partial charge in [0, 0.05) is 0 Å². The maximum Gasteiger partial charge on any atom is 0.312 e. The average molecular weight is 214 g/mol. The largest absolute Gasteiger partial charge is 0.469 e. The third-order valence-electron chi connectivity index (χ3n) is 1.08. The van der Waals surface area contributed by atoms with Crippen LogP contribution >= 0.6 is 0 Å². The lowest BCUT2D eigenvalue weighted by Gasteiger charge is -2.02. The van der Waals surface area contributed by atoms with E-state index >= 15 is 0 Å². The van der Waals surface area contributed by atoms with Crippen LogP contribution in [0.25, 0.3) is 0 Å². The Morgan fingerprint density at radius 2 is 1.07 bits per heavy atom. The van der Waals surface area contributed by atoms with Crippen molar-refractivity contribution >= 4 is 0 Å². The summed E-state index contributed by atoms with van der Waals surface area (Å²) in [6.07, 6.45) is 0. The fourth-order valence-corrected chi connectivity index (χ4v) is 0.553. The van der Waals surface area contributed by atoms with Crippen molar-refractivity contribution in [3.63, 3.8) is 0 Å². The fraction of sp³-hybridized carbons (Fsp3) is 0.500. The number of hydrogen-bond donors (Lipinski definition) is 0. The third kappa shape index (κ3) is 3.68. The Kier molecular flexibility index (Phi) is 5.74. The highest BCUT2D eigenvalue weighted by Gasteiger charge is 2.19. The van der Waals surface area contributed by atoms with Gasteiger partial charge in [0.25, 0.3) is 0 Å². The van der Waals surface area contributed by atoms with Gasteiger partial charge in [-0.3, -0.25) is 0 Å². The molecule has 0 aromatic carbocycles. The second-order valence-electron chi connectivity index (χ2n) is 2.04. The van der Waals surface area contributed by atoms with E-state index in [0.717, 1.165) is 0 Å². The van der Waals surface area contributed by atoms with Crippen LogP contribution in [-0.2, 0) is 9.47 Å². The molecule has 0 aliphatic carbocycles. The summed E-state index contributed by atoms with van der Waals surface area (Å²) in [7, 11) is 0. The monoisotopic (exact) mass is 214 g/mol. The maximum atomic E-state index is 12.6. The van der Waals surface area contributed by atoms with Crippen LogP contribution in [0.2, 0.25) is 0 Å². The molecule has 0 heterocycles. The first kappa shape index (κ1) is 12.8. The zero-order valence-electron chi connectivity index (χ0n) is 7.74. The zero-order chi connectivity index (χ0) is 11.1. The molecule has 0 aliphatic rings. The lowest BCUT2D eigenvalue weighted by Crippen LogP contribution is -1.94. The second-order valence-corrected chi connectivity index (χ2v) is 2.04. The van der Waals surface area contributed by atoms with Crippen molar-refractivity contribution in [2.45, 2.75) is 13.8 Å². The van der Waals surface area contributed by atoms with Crippen LogP contribution in [0, 0.1) is 0 Å². The van der Waals surface area contributed by atoms with E-state index in [9.17, 15) is 17.6 Å². The van der Waals surface area contributed by atoms with Gasteiger partial charge < -0.3 is 9.47 Å². The van der Waals surface area contributed by atoms with Crippen LogP contribution in [0.5, 0.6) is 0 Å². The molecule has 0 rings (SSSR count). The first-order valence-electron chi connectivity index (χ1n) is 3.91. The molecule has 0 aromatic rings. The minimum Gasteiger partial charge on any atom is -0.469 e. The molecule has 14 heavy (non-hydrogen) atoms. The molecule has 0 saturated heterocycles. The molecule has 0 atom stereocenters. The van der Waals surface area contributed by atoms with Gasteiger partial charge in [0.2, 0.25) is 11.7 Å². The van der Waals surface area contributed by atoms with Gasteiger partial charge in [-0.25, -0.2) is 0 Å². The van der Waals surface area contributed by atoms with Crippen LogP contribution in [0.1, 0.15) is 13.8 Å². The van der Waals surface area contributed by atoms with Gasteiger partial charge in [0.15, 0.2) is 0 Å². The van der Waals surface area contributed by atoms with E-state index in [-0.39, 0.29) is 13.2 Å². The fourth-order valence-electron chi connectivity index (χ4n) is 0.553. The Balaban J connectivity index is 4.73. The number of ether oxygens (including phenoxy) is 2. The van der Waals surface area contributed by atoms with Crippen LogP contribution in [0.4, 0.5) is 17.6 Å². The predicted octanol–water partition coefficient (Wildman–Crippen LogP) is 3.28. The van der Waals surface area contributed by atoms with Crippen LogP contribution < -0.4 is 0 Å². The average Bonchev–Trinajstić information content (AvgIpc) is 2.16. The maximum absolute atomic E-state index is 12.6. The summed E-state index contributed by atoms with van der Waals surface area (Å²) in [6.45, 7) is 2.35. The molecule has 2 nitrogen and oxygen atoms in total. The number of rotatable bonds is 5. The van der Waals surface area contributed by atoms with Crippen LogP contribution in [-0.4, -0.2) is 13.2 Å². The molecule has 0 aliphatic heterocycles. The van der Waals surface area contributed by atoms with Crippen molar-refractivity contribution < 1.29 is 27.0 Å². The van der Waals surface area contributed by atoms with E-state index in [0.29, 0.717) is 0 Å². The molecule has 0 N–H and O–H groups in total. The lowest BCUT2D eigenvalue weighted by atomic mass is 10.5. The summed E-state index contributed by atoms with van der Waals surface area (Å²) < 4.78 is 58.0. The van der Waals surface area contributed by atoms with Crippen molar-refractivity contribution in [3.8, 4) is 0 Å².